The Morgan fingerprint density at radius 3 is 2.44 bits per heavy atom. The summed E-state index contributed by atoms with van der Waals surface area (Å²) in [5.74, 6) is 0.765. The lowest BCUT2D eigenvalue weighted by Crippen LogP contribution is -1.99. The second-order valence-corrected chi connectivity index (χ2v) is 8.55. The van der Waals surface area contributed by atoms with Crippen molar-refractivity contribution in [2.75, 3.05) is 11.1 Å². The van der Waals surface area contributed by atoms with Crippen LogP contribution in [0.2, 0.25) is 5.02 Å². The van der Waals surface area contributed by atoms with E-state index < -0.39 is 15.0 Å². The number of ether oxygens (including phenoxy) is 1. The molecule has 0 aliphatic rings. The van der Waals surface area contributed by atoms with Crippen LogP contribution >= 0.6 is 11.6 Å². The summed E-state index contributed by atoms with van der Waals surface area (Å²) in [7, 11) is -4.41. The van der Waals surface area contributed by atoms with E-state index in [9.17, 15) is 13.7 Å². The van der Waals surface area contributed by atoms with Gasteiger partial charge in [0.2, 0.25) is 0 Å². The predicted molar refractivity (Wildman–Crippen MR) is 122 cm³/mol. The van der Waals surface area contributed by atoms with Gasteiger partial charge in [-0.1, -0.05) is 11.6 Å². The maximum atomic E-state index is 11.2. The Bertz CT molecular complexity index is 1480. The van der Waals surface area contributed by atoms with Crippen LogP contribution in [0, 0.1) is 11.3 Å². The molecule has 10 heteroatoms. The molecule has 3 aromatic carbocycles. The fourth-order valence-corrected chi connectivity index (χ4v) is 4.08. The highest BCUT2D eigenvalue weighted by molar-refractivity contribution is 7.86. The van der Waals surface area contributed by atoms with E-state index >= 15 is 0 Å². The summed E-state index contributed by atoms with van der Waals surface area (Å²) in [5, 5.41) is 13.3. The van der Waals surface area contributed by atoms with Crippen molar-refractivity contribution in [1.29, 1.82) is 5.26 Å². The third-order valence-corrected chi connectivity index (χ3v) is 5.89. The first kappa shape index (κ1) is 21.4. The van der Waals surface area contributed by atoms with Crippen LogP contribution in [0.25, 0.3) is 10.9 Å². The Labute approximate surface area is 188 Å². The normalized spacial score (nSPS) is 11.2. The Morgan fingerprint density at radius 1 is 1.06 bits per heavy atom. The van der Waals surface area contributed by atoms with E-state index in [0.29, 0.717) is 39.6 Å². The first-order chi connectivity index (χ1) is 15.2. The van der Waals surface area contributed by atoms with Gasteiger partial charge in [-0.25, -0.2) is 0 Å². The standard InChI is InChI=1S/C22H15ClN4O4S/c23-19-10-17(6-8-21(19)32(28,29)30)31-16-4-2-15(3-5-16)27-22-13(11-24)12-26-20-7-1-14(25)9-18(20)22/h1-10,12H,25H2,(H,26,27)(H,28,29,30). The van der Waals surface area contributed by atoms with Crippen molar-refractivity contribution in [2.45, 2.75) is 4.90 Å². The van der Waals surface area contributed by atoms with Crippen molar-refractivity contribution in [3.8, 4) is 17.6 Å². The van der Waals surface area contributed by atoms with Crippen molar-refractivity contribution < 1.29 is 17.7 Å². The van der Waals surface area contributed by atoms with Crippen LogP contribution < -0.4 is 15.8 Å². The van der Waals surface area contributed by atoms with Crippen LogP contribution in [-0.2, 0) is 10.1 Å². The van der Waals surface area contributed by atoms with Crippen molar-refractivity contribution in [1.82, 2.24) is 4.98 Å². The third-order valence-electron chi connectivity index (χ3n) is 4.55. The molecular formula is C22H15ClN4O4S. The minimum Gasteiger partial charge on any atom is -0.457 e. The molecule has 0 saturated heterocycles. The number of anilines is 3. The fraction of sp³-hybridized carbons (Fsp3) is 0. The zero-order valence-electron chi connectivity index (χ0n) is 16.3. The molecule has 0 aliphatic heterocycles. The van der Waals surface area contributed by atoms with E-state index in [1.54, 1.807) is 42.5 Å². The molecule has 1 aromatic heterocycles. The number of hydrogen-bond donors (Lipinski definition) is 3. The van der Waals surface area contributed by atoms with Crippen LogP contribution in [0.15, 0.2) is 71.8 Å². The lowest BCUT2D eigenvalue weighted by atomic mass is 10.1. The number of nitrogen functional groups attached to an aromatic ring is 1. The molecule has 8 nitrogen and oxygen atoms in total. The second kappa shape index (κ2) is 8.36. The van der Waals surface area contributed by atoms with Gasteiger partial charge in [0, 0.05) is 29.0 Å². The summed E-state index contributed by atoms with van der Waals surface area (Å²) in [5.41, 5.74) is 8.82. The van der Waals surface area contributed by atoms with Gasteiger partial charge in [-0.15, -0.1) is 0 Å². The van der Waals surface area contributed by atoms with E-state index in [4.69, 9.17) is 26.6 Å². The molecule has 4 rings (SSSR count). The van der Waals surface area contributed by atoms with Crippen molar-refractivity contribution in [3.05, 3.63) is 77.4 Å². The average Bonchev–Trinajstić information content (AvgIpc) is 2.74. The molecule has 0 saturated carbocycles. The summed E-state index contributed by atoms with van der Waals surface area (Å²) in [6.07, 6.45) is 1.50. The molecule has 0 radical (unpaired) electrons. The Balaban J connectivity index is 1.59. The number of hydrogen-bond acceptors (Lipinski definition) is 7. The molecule has 160 valence electrons. The number of benzene rings is 3. The molecule has 0 fully saturated rings. The van der Waals surface area contributed by atoms with Crippen LogP contribution in [0.3, 0.4) is 0 Å². The molecule has 0 bridgehead atoms. The van der Waals surface area contributed by atoms with E-state index in [1.165, 1.54) is 18.3 Å². The van der Waals surface area contributed by atoms with Gasteiger partial charge in [0.25, 0.3) is 10.1 Å². The summed E-state index contributed by atoms with van der Waals surface area (Å²) >= 11 is 5.91. The van der Waals surface area contributed by atoms with Gasteiger partial charge in [0.15, 0.2) is 0 Å². The van der Waals surface area contributed by atoms with Gasteiger partial charge >= 0.3 is 0 Å². The Morgan fingerprint density at radius 2 is 1.78 bits per heavy atom. The van der Waals surface area contributed by atoms with Crippen LogP contribution in [0.1, 0.15) is 5.56 Å². The van der Waals surface area contributed by atoms with E-state index in [0.717, 1.165) is 11.5 Å². The quantitative estimate of drug-likeness (QED) is 0.272. The Kier molecular flexibility index (Phi) is 5.59. The first-order valence-electron chi connectivity index (χ1n) is 9.15. The van der Waals surface area contributed by atoms with Crippen LogP contribution in [0.5, 0.6) is 11.5 Å². The van der Waals surface area contributed by atoms with Gasteiger partial charge in [-0.3, -0.25) is 9.54 Å². The third kappa shape index (κ3) is 4.43. The van der Waals surface area contributed by atoms with E-state index in [-0.39, 0.29) is 5.02 Å². The summed E-state index contributed by atoms with van der Waals surface area (Å²) in [6.45, 7) is 0. The molecule has 0 amide bonds. The number of fused-ring (bicyclic) bond motifs is 1. The Hall–Kier alpha value is -3.84. The molecule has 0 atom stereocenters. The highest BCUT2D eigenvalue weighted by Gasteiger charge is 2.15. The second-order valence-electron chi connectivity index (χ2n) is 6.75. The van der Waals surface area contributed by atoms with Gasteiger partial charge in [0.05, 0.1) is 21.8 Å². The molecule has 0 unspecified atom stereocenters. The molecule has 4 N–H and O–H groups in total. The number of nitrogens with two attached hydrogens (primary N) is 1. The number of pyridine rings is 1. The molecule has 1 heterocycles. The zero-order valence-corrected chi connectivity index (χ0v) is 17.9. The SMILES string of the molecule is N#Cc1cnc2ccc(N)cc2c1Nc1ccc(Oc2ccc(S(=O)(=O)O)c(Cl)c2)cc1. The summed E-state index contributed by atoms with van der Waals surface area (Å²) < 4.78 is 37.3. The molecule has 4 aromatic rings. The van der Waals surface area contributed by atoms with Crippen molar-refractivity contribution in [3.63, 3.8) is 0 Å². The summed E-state index contributed by atoms with van der Waals surface area (Å²) in [6, 6.07) is 18.1. The first-order valence-corrected chi connectivity index (χ1v) is 11.0. The number of nitriles is 1. The molecule has 0 aliphatic carbocycles. The van der Waals surface area contributed by atoms with E-state index in [2.05, 4.69) is 16.4 Å². The predicted octanol–water partition coefficient (Wildman–Crippen LogP) is 5.12. The minimum atomic E-state index is -4.41. The summed E-state index contributed by atoms with van der Waals surface area (Å²) in [4.78, 5) is 3.88. The number of nitrogens with zero attached hydrogens (tertiary/aromatic N) is 2. The highest BCUT2D eigenvalue weighted by atomic mass is 35.5. The zero-order chi connectivity index (χ0) is 22.9. The van der Waals surface area contributed by atoms with Crippen LogP contribution in [0.4, 0.5) is 17.1 Å². The molecule has 0 spiro atoms. The lowest BCUT2D eigenvalue weighted by Gasteiger charge is -2.13. The van der Waals surface area contributed by atoms with Gasteiger partial charge in [-0.05, 0) is 54.6 Å². The minimum absolute atomic E-state index is 0.156. The van der Waals surface area contributed by atoms with E-state index in [1.807, 2.05) is 0 Å². The average molecular weight is 467 g/mol. The van der Waals surface area contributed by atoms with Gasteiger partial charge in [-0.2, -0.15) is 13.7 Å². The number of aromatic nitrogens is 1. The molecule has 32 heavy (non-hydrogen) atoms. The van der Waals surface area contributed by atoms with Gasteiger partial charge in [0.1, 0.15) is 22.5 Å². The number of rotatable bonds is 5. The highest BCUT2D eigenvalue weighted by Crippen LogP contribution is 2.32. The van der Waals surface area contributed by atoms with Gasteiger partial charge < -0.3 is 15.8 Å². The van der Waals surface area contributed by atoms with Crippen LogP contribution in [-0.4, -0.2) is 18.0 Å². The largest absolute Gasteiger partial charge is 0.457 e. The van der Waals surface area contributed by atoms with Crippen molar-refractivity contribution in [2.24, 2.45) is 0 Å². The molecular weight excluding hydrogens is 452 g/mol. The monoisotopic (exact) mass is 466 g/mol. The topological polar surface area (TPSA) is 138 Å². The van der Waals surface area contributed by atoms with Crippen molar-refractivity contribution >= 4 is 49.7 Å². The maximum Gasteiger partial charge on any atom is 0.296 e. The maximum absolute atomic E-state index is 11.2. The smallest absolute Gasteiger partial charge is 0.296 e. The number of halogens is 1. The number of nitrogens with one attached hydrogen (secondary N) is 1. The lowest BCUT2D eigenvalue weighted by molar-refractivity contribution is 0.478. The fourth-order valence-electron chi connectivity index (χ4n) is 3.07.